The third-order valence-electron chi connectivity index (χ3n) is 4.52. The summed E-state index contributed by atoms with van der Waals surface area (Å²) in [6.07, 6.45) is 2.21. The minimum Gasteiger partial charge on any atom is -0.492 e. The van der Waals surface area contributed by atoms with Gasteiger partial charge in [0.25, 0.3) is 5.69 Å². The molecule has 0 fully saturated rings. The summed E-state index contributed by atoms with van der Waals surface area (Å²) in [5, 5.41) is 13.9. The van der Waals surface area contributed by atoms with Crippen LogP contribution in [0, 0.1) is 10.1 Å². The lowest BCUT2D eigenvalue weighted by atomic mass is 10.1. The topological polar surface area (TPSA) is 111 Å². The summed E-state index contributed by atoms with van der Waals surface area (Å²) in [5.74, 6) is 0.786. The molecule has 28 heavy (non-hydrogen) atoms. The molecular formula is C19H23N3O5S. The van der Waals surface area contributed by atoms with Crippen molar-refractivity contribution in [2.75, 3.05) is 30.2 Å². The lowest BCUT2D eigenvalue weighted by Crippen LogP contribution is -2.25. The molecule has 0 aliphatic carbocycles. The van der Waals surface area contributed by atoms with Crippen LogP contribution in [0.15, 0.2) is 42.5 Å². The van der Waals surface area contributed by atoms with Crippen LogP contribution < -0.4 is 14.8 Å². The van der Waals surface area contributed by atoms with Gasteiger partial charge in [0.15, 0.2) is 0 Å². The number of hydrogen-bond donors (Lipinski definition) is 2. The highest BCUT2D eigenvalue weighted by molar-refractivity contribution is 7.92. The van der Waals surface area contributed by atoms with Crippen molar-refractivity contribution >= 4 is 21.4 Å². The third-order valence-corrected chi connectivity index (χ3v) is 5.79. The molecule has 0 amide bonds. The van der Waals surface area contributed by atoms with Crippen LogP contribution in [0.2, 0.25) is 0 Å². The predicted molar refractivity (Wildman–Crippen MR) is 107 cm³/mol. The van der Waals surface area contributed by atoms with Crippen LogP contribution in [0.1, 0.15) is 17.5 Å². The highest BCUT2D eigenvalue weighted by Crippen LogP contribution is 2.31. The number of non-ortho nitro benzene ring substituents is 1. The van der Waals surface area contributed by atoms with Gasteiger partial charge in [-0.05, 0) is 43.5 Å². The van der Waals surface area contributed by atoms with E-state index < -0.39 is 14.9 Å². The van der Waals surface area contributed by atoms with Crippen LogP contribution in [0.3, 0.4) is 0 Å². The smallest absolute Gasteiger partial charge is 0.269 e. The highest BCUT2D eigenvalue weighted by atomic mass is 32.2. The van der Waals surface area contributed by atoms with Crippen molar-refractivity contribution in [2.24, 2.45) is 0 Å². The van der Waals surface area contributed by atoms with Gasteiger partial charge in [-0.3, -0.25) is 14.8 Å². The molecule has 1 aliphatic rings. The molecule has 0 spiro atoms. The second kappa shape index (κ2) is 9.03. The Labute approximate surface area is 164 Å². The fourth-order valence-corrected chi connectivity index (χ4v) is 4.17. The summed E-state index contributed by atoms with van der Waals surface area (Å²) in [6.45, 7) is 1.98. The molecular weight excluding hydrogens is 382 g/mol. The fourth-order valence-electron chi connectivity index (χ4n) is 3.07. The Morgan fingerprint density at radius 3 is 2.68 bits per heavy atom. The molecule has 2 aromatic carbocycles. The van der Waals surface area contributed by atoms with Gasteiger partial charge < -0.3 is 10.1 Å². The van der Waals surface area contributed by atoms with Gasteiger partial charge in [0.2, 0.25) is 10.0 Å². The molecule has 2 N–H and O–H groups in total. The largest absolute Gasteiger partial charge is 0.492 e. The van der Waals surface area contributed by atoms with E-state index in [4.69, 9.17) is 4.74 Å². The number of nitro groups is 1. The van der Waals surface area contributed by atoms with Crippen molar-refractivity contribution in [1.82, 2.24) is 5.32 Å². The first-order chi connectivity index (χ1) is 13.4. The number of rotatable bonds is 9. The van der Waals surface area contributed by atoms with Crippen molar-refractivity contribution in [3.63, 3.8) is 0 Å². The van der Waals surface area contributed by atoms with Crippen molar-refractivity contribution < 1.29 is 18.1 Å². The Morgan fingerprint density at radius 1 is 1.14 bits per heavy atom. The zero-order valence-electron chi connectivity index (χ0n) is 15.4. The van der Waals surface area contributed by atoms with Gasteiger partial charge in [-0.25, -0.2) is 8.42 Å². The first-order valence-corrected chi connectivity index (χ1v) is 10.8. The van der Waals surface area contributed by atoms with E-state index in [1.54, 1.807) is 24.3 Å². The van der Waals surface area contributed by atoms with E-state index in [0.29, 0.717) is 31.0 Å². The normalized spacial score (nSPS) is 14.7. The monoisotopic (exact) mass is 405 g/mol. The van der Waals surface area contributed by atoms with Crippen molar-refractivity contribution in [1.29, 1.82) is 0 Å². The van der Waals surface area contributed by atoms with Gasteiger partial charge >= 0.3 is 0 Å². The van der Waals surface area contributed by atoms with E-state index in [1.165, 1.54) is 12.1 Å². The maximum atomic E-state index is 11.6. The van der Waals surface area contributed by atoms with Crippen LogP contribution in [0.25, 0.3) is 0 Å². The van der Waals surface area contributed by atoms with E-state index >= 15 is 0 Å². The first-order valence-electron chi connectivity index (χ1n) is 9.14. The number of sulfonamides is 1. The number of benzene rings is 2. The molecule has 8 nitrogen and oxygen atoms in total. The van der Waals surface area contributed by atoms with Crippen LogP contribution in [-0.4, -0.2) is 38.8 Å². The summed E-state index contributed by atoms with van der Waals surface area (Å²) < 4.78 is 31.7. The molecule has 1 heterocycles. The molecule has 0 saturated carbocycles. The van der Waals surface area contributed by atoms with E-state index in [-0.39, 0.29) is 11.4 Å². The van der Waals surface area contributed by atoms with Gasteiger partial charge in [0, 0.05) is 24.2 Å². The molecule has 1 aliphatic heterocycles. The van der Waals surface area contributed by atoms with E-state index in [0.717, 1.165) is 30.5 Å². The minimum absolute atomic E-state index is 0.0707. The molecule has 0 bridgehead atoms. The average Bonchev–Trinajstić information content (AvgIpc) is 2.66. The Balaban J connectivity index is 1.36. The summed E-state index contributed by atoms with van der Waals surface area (Å²) in [7, 11) is -3.23. The summed E-state index contributed by atoms with van der Waals surface area (Å²) in [5.41, 5.74) is 2.67. The SMILES string of the molecule is O=[N+]([O-])c1ccc(CCCNCCOc2cccc3c2CCS(=O)(=O)N3)cc1. The van der Waals surface area contributed by atoms with Crippen LogP contribution >= 0.6 is 0 Å². The molecule has 3 rings (SSSR count). The Kier molecular flexibility index (Phi) is 6.48. The highest BCUT2D eigenvalue weighted by Gasteiger charge is 2.22. The van der Waals surface area contributed by atoms with Crippen molar-refractivity contribution in [3.05, 3.63) is 63.7 Å². The predicted octanol–water partition coefficient (Wildman–Crippen LogP) is 2.49. The zero-order valence-corrected chi connectivity index (χ0v) is 16.2. The van der Waals surface area contributed by atoms with E-state index in [2.05, 4.69) is 10.0 Å². The summed E-state index contributed by atoms with van der Waals surface area (Å²) >= 11 is 0. The first kappa shape index (κ1) is 20.1. The Morgan fingerprint density at radius 2 is 1.93 bits per heavy atom. The number of nitrogens with zero attached hydrogens (tertiary/aromatic N) is 1. The van der Waals surface area contributed by atoms with Crippen LogP contribution in [-0.2, 0) is 22.9 Å². The fraction of sp³-hybridized carbons (Fsp3) is 0.368. The number of ether oxygens (including phenoxy) is 1. The maximum absolute atomic E-state index is 11.6. The molecule has 0 unspecified atom stereocenters. The third kappa shape index (κ3) is 5.43. The standard InChI is InChI=1S/C19H23N3O5S/c23-22(24)16-8-6-15(7-9-16)3-2-11-20-12-13-27-19-5-1-4-18-17(19)10-14-28(25,26)21-18/h1,4-9,20-21H,2-3,10-14H2. The molecule has 9 heteroatoms. The maximum Gasteiger partial charge on any atom is 0.269 e. The molecule has 2 aromatic rings. The van der Waals surface area contributed by atoms with E-state index in [1.807, 2.05) is 6.07 Å². The zero-order chi connectivity index (χ0) is 20.0. The van der Waals surface area contributed by atoms with E-state index in [9.17, 15) is 18.5 Å². The number of anilines is 1. The summed E-state index contributed by atoms with van der Waals surface area (Å²) in [6, 6.07) is 12.0. The number of aryl methyl sites for hydroxylation is 1. The molecule has 0 radical (unpaired) electrons. The molecule has 0 saturated heterocycles. The quantitative estimate of drug-likeness (QED) is 0.377. The second-order valence-corrected chi connectivity index (χ2v) is 8.42. The number of fused-ring (bicyclic) bond motifs is 1. The number of nitrogens with one attached hydrogen (secondary N) is 2. The molecule has 0 atom stereocenters. The van der Waals surface area contributed by atoms with Crippen LogP contribution in [0.5, 0.6) is 5.75 Å². The molecule has 150 valence electrons. The van der Waals surface area contributed by atoms with Crippen molar-refractivity contribution in [2.45, 2.75) is 19.3 Å². The second-order valence-electron chi connectivity index (χ2n) is 6.58. The van der Waals surface area contributed by atoms with Gasteiger partial charge in [-0.1, -0.05) is 18.2 Å². The van der Waals surface area contributed by atoms with Gasteiger partial charge in [-0.2, -0.15) is 0 Å². The average molecular weight is 405 g/mol. The minimum atomic E-state index is -3.23. The summed E-state index contributed by atoms with van der Waals surface area (Å²) in [4.78, 5) is 10.2. The van der Waals surface area contributed by atoms with Gasteiger partial charge in [-0.15, -0.1) is 0 Å². The number of nitro benzene ring substituents is 1. The van der Waals surface area contributed by atoms with Gasteiger partial charge in [0.05, 0.1) is 16.4 Å². The van der Waals surface area contributed by atoms with Crippen molar-refractivity contribution in [3.8, 4) is 5.75 Å². The number of hydrogen-bond acceptors (Lipinski definition) is 6. The lowest BCUT2D eigenvalue weighted by molar-refractivity contribution is -0.384. The van der Waals surface area contributed by atoms with Gasteiger partial charge in [0.1, 0.15) is 12.4 Å². The Bertz CT molecular complexity index is 929. The lowest BCUT2D eigenvalue weighted by Gasteiger charge is -2.21. The van der Waals surface area contributed by atoms with Crippen LogP contribution in [0.4, 0.5) is 11.4 Å². The molecule has 0 aromatic heterocycles. The Hall–Kier alpha value is -2.65.